The molecule has 38 heavy (non-hydrogen) atoms. The lowest BCUT2D eigenvalue weighted by molar-refractivity contribution is -0.137. The predicted molar refractivity (Wildman–Crippen MR) is 143 cm³/mol. The number of hydrogen-bond donors (Lipinski definition) is 2. The highest BCUT2D eigenvalue weighted by molar-refractivity contribution is 6.06. The Bertz CT molecular complexity index is 1390. The molecular weight excluding hydrogens is 480 g/mol. The van der Waals surface area contributed by atoms with Crippen LogP contribution in [0, 0.1) is 0 Å². The van der Waals surface area contributed by atoms with Crippen LogP contribution in [0.3, 0.4) is 0 Å². The molecule has 0 unspecified atom stereocenters. The minimum atomic E-state index is -0.976. The molecule has 0 aliphatic heterocycles. The van der Waals surface area contributed by atoms with Crippen LogP contribution in [-0.4, -0.2) is 50.8 Å². The Morgan fingerprint density at radius 1 is 0.737 bits per heavy atom. The largest absolute Gasteiger partial charge is 0.481 e. The smallest absolute Gasteiger partial charge is 0.305 e. The SMILES string of the molecule is O=C(O)CCN(CCc1ccncc1)C(=O)c1ccccc1-c1ccccc1C(=O)NCc1cccnc1. The predicted octanol–water partition coefficient (Wildman–Crippen LogP) is 4.23. The number of hydrogen-bond acceptors (Lipinski definition) is 5. The van der Waals surface area contributed by atoms with Crippen molar-refractivity contribution in [1.82, 2.24) is 20.2 Å². The second kappa shape index (κ2) is 12.9. The molecule has 0 saturated heterocycles. The summed E-state index contributed by atoms with van der Waals surface area (Å²) >= 11 is 0. The van der Waals surface area contributed by atoms with E-state index < -0.39 is 5.97 Å². The molecule has 192 valence electrons. The Balaban J connectivity index is 1.61. The highest BCUT2D eigenvalue weighted by atomic mass is 16.4. The number of benzene rings is 2. The maximum Gasteiger partial charge on any atom is 0.305 e. The number of aromatic nitrogens is 2. The van der Waals surface area contributed by atoms with Gasteiger partial charge in [0.2, 0.25) is 0 Å². The molecule has 0 saturated carbocycles. The van der Waals surface area contributed by atoms with Gasteiger partial charge in [0.15, 0.2) is 0 Å². The summed E-state index contributed by atoms with van der Waals surface area (Å²) in [6.07, 6.45) is 7.12. The minimum Gasteiger partial charge on any atom is -0.481 e. The van der Waals surface area contributed by atoms with E-state index in [1.165, 1.54) is 0 Å². The number of carbonyl (C=O) groups is 3. The molecule has 8 nitrogen and oxygen atoms in total. The Labute approximate surface area is 221 Å². The summed E-state index contributed by atoms with van der Waals surface area (Å²) in [7, 11) is 0. The van der Waals surface area contributed by atoms with Gasteiger partial charge in [-0.2, -0.15) is 0 Å². The topological polar surface area (TPSA) is 112 Å². The Morgan fingerprint density at radius 2 is 1.42 bits per heavy atom. The van der Waals surface area contributed by atoms with Crippen molar-refractivity contribution in [2.45, 2.75) is 19.4 Å². The zero-order valence-corrected chi connectivity index (χ0v) is 20.8. The number of amides is 2. The third-order valence-electron chi connectivity index (χ3n) is 6.10. The van der Waals surface area contributed by atoms with E-state index in [0.29, 0.717) is 41.8 Å². The van der Waals surface area contributed by atoms with Crippen LogP contribution in [0.25, 0.3) is 11.1 Å². The molecule has 8 heteroatoms. The summed E-state index contributed by atoms with van der Waals surface area (Å²) in [5.41, 5.74) is 3.93. The number of rotatable bonds is 11. The number of carbonyl (C=O) groups excluding carboxylic acids is 2. The Morgan fingerprint density at radius 3 is 2.11 bits per heavy atom. The second-order valence-electron chi connectivity index (χ2n) is 8.68. The van der Waals surface area contributed by atoms with Gasteiger partial charge in [0.1, 0.15) is 0 Å². The number of nitrogens with zero attached hydrogens (tertiary/aromatic N) is 3. The molecule has 0 radical (unpaired) electrons. The lowest BCUT2D eigenvalue weighted by atomic mass is 9.94. The van der Waals surface area contributed by atoms with Crippen molar-refractivity contribution >= 4 is 17.8 Å². The van der Waals surface area contributed by atoms with Gasteiger partial charge >= 0.3 is 5.97 Å². The summed E-state index contributed by atoms with van der Waals surface area (Å²) in [5.74, 6) is -1.54. The van der Waals surface area contributed by atoms with E-state index in [9.17, 15) is 19.5 Å². The van der Waals surface area contributed by atoms with Gasteiger partial charge in [0.05, 0.1) is 6.42 Å². The summed E-state index contributed by atoms with van der Waals surface area (Å²) < 4.78 is 0. The van der Waals surface area contributed by atoms with Gasteiger partial charge in [-0.1, -0.05) is 42.5 Å². The Hall–Kier alpha value is -4.85. The molecule has 0 spiro atoms. The molecule has 2 heterocycles. The molecule has 2 aromatic carbocycles. The molecular formula is C30H28N4O4. The highest BCUT2D eigenvalue weighted by Crippen LogP contribution is 2.28. The lowest BCUT2D eigenvalue weighted by Crippen LogP contribution is -2.35. The van der Waals surface area contributed by atoms with E-state index in [4.69, 9.17) is 0 Å². The standard InChI is InChI=1S/C30H28N4O4/c35-28(36)14-19-34(18-13-22-11-16-31-17-12-22)30(38)27-10-4-2-8-25(27)24-7-1-3-9-26(24)29(37)33-21-23-6-5-15-32-20-23/h1-12,15-17,20H,13-14,18-19,21H2,(H,33,37)(H,35,36). The fourth-order valence-electron chi connectivity index (χ4n) is 4.13. The molecule has 2 aromatic heterocycles. The molecule has 2 amide bonds. The number of nitrogens with one attached hydrogen (secondary N) is 1. The first kappa shape index (κ1) is 26.2. The number of carboxylic acids is 1. The van der Waals surface area contributed by atoms with Crippen LogP contribution in [0.5, 0.6) is 0 Å². The van der Waals surface area contributed by atoms with E-state index >= 15 is 0 Å². The van der Waals surface area contributed by atoms with E-state index in [2.05, 4.69) is 15.3 Å². The van der Waals surface area contributed by atoms with Gasteiger partial charge in [-0.05, 0) is 59.0 Å². The van der Waals surface area contributed by atoms with Crippen molar-refractivity contribution in [3.05, 3.63) is 120 Å². The normalized spacial score (nSPS) is 10.5. The second-order valence-corrected chi connectivity index (χ2v) is 8.68. The zero-order valence-electron chi connectivity index (χ0n) is 20.8. The van der Waals surface area contributed by atoms with E-state index in [-0.39, 0.29) is 24.8 Å². The van der Waals surface area contributed by atoms with E-state index in [1.807, 2.05) is 42.5 Å². The van der Waals surface area contributed by atoms with Crippen molar-refractivity contribution in [2.75, 3.05) is 13.1 Å². The van der Waals surface area contributed by atoms with Gasteiger partial charge in [-0.15, -0.1) is 0 Å². The van der Waals surface area contributed by atoms with Crippen LogP contribution >= 0.6 is 0 Å². The molecule has 4 rings (SSSR count). The molecule has 0 aliphatic rings. The number of aliphatic carboxylic acids is 1. The molecule has 4 aromatic rings. The van der Waals surface area contributed by atoms with Gasteiger partial charge in [0, 0.05) is 55.5 Å². The van der Waals surface area contributed by atoms with Crippen LogP contribution in [-0.2, 0) is 17.8 Å². The third-order valence-corrected chi connectivity index (χ3v) is 6.10. The lowest BCUT2D eigenvalue weighted by Gasteiger charge is -2.24. The average molecular weight is 509 g/mol. The highest BCUT2D eigenvalue weighted by Gasteiger charge is 2.22. The molecule has 0 fully saturated rings. The van der Waals surface area contributed by atoms with E-state index in [0.717, 1.165) is 11.1 Å². The summed E-state index contributed by atoms with van der Waals surface area (Å²) in [6, 6.07) is 21.6. The van der Waals surface area contributed by atoms with Gasteiger partial charge in [-0.3, -0.25) is 24.4 Å². The van der Waals surface area contributed by atoms with Crippen LogP contribution in [0.15, 0.2) is 97.6 Å². The number of pyridine rings is 2. The molecule has 2 N–H and O–H groups in total. The molecule has 0 bridgehead atoms. The van der Waals surface area contributed by atoms with Crippen molar-refractivity contribution in [3.63, 3.8) is 0 Å². The van der Waals surface area contributed by atoms with E-state index in [1.54, 1.807) is 60.0 Å². The molecule has 0 atom stereocenters. The maximum absolute atomic E-state index is 13.8. The Kier molecular flexibility index (Phi) is 8.91. The first-order valence-electron chi connectivity index (χ1n) is 12.3. The van der Waals surface area contributed by atoms with Crippen LogP contribution in [0.4, 0.5) is 0 Å². The van der Waals surface area contributed by atoms with Crippen molar-refractivity contribution in [2.24, 2.45) is 0 Å². The first-order valence-corrected chi connectivity index (χ1v) is 12.3. The van der Waals surface area contributed by atoms with Crippen molar-refractivity contribution in [1.29, 1.82) is 0 Å². The van der Waals surface area contributed by atoms with Gasteiger partial charge in [-0.25, -0.2) is 0 Å². The fraction of sp³-hybridized carbons (Fsp3) is 0.167. The fourth-order valence-corrected chi connectivity index (χ4v) is 4.13. The third kappa shape index (κ3) is 6.88. The zero-order chi connectivity index (χ0) is 26.7. The van der Waals surface area contributed by atoms with Crippen LogP contribution in [0.1, 0.15) is 38.3 Å². The molecule has 0 aliphatic carbocycles. The van der Waals surface area contributed by atoms with Crippen molar-refractivity contribution < 1.29 is 19.5 Å². The minimum absolute atomic E-state index is 0.0703. The maximum atomic E-state index is 13.8. The average Bonchev–Trinajstić information content (AvgIpc) is 2.96. The van der Waals surface area contributed by atoms with Gasteiger partial charge in [0.25, 0.3) is 11.8 Å². The van der Waals surface area contributed by atoms with Crippen LogP contribution in [0.2, 0.25) is 0 Å². The summed E-state index contributed by atoms with van der Waals surface area (Å²) in [4.78, 5) is 47.9. The monoisotopic (exact) mass is 508 g/mol. The quantitative estimate of drug-likeness (QED) is 0.314. The van der Waals surface area contributed by atoms with Crippen LogP contribution < -0.4 is 5.32 Å². The summed E-state index contributed by atoms with van der Waals surface area (Å²) in [5, 5.41) is 12.2. The summed E-state index contributed by atoms with van der Waals surface area (Å²) in [6.45, 7) is 0.734. The first-order chi connectivity index (χ1) is 18.5. The van der Waals surface area contributed by atoms with Crippen molar-refractivity contribution in [3.8, 4) is 11.1 Å². The number of carboxylic acid groups (broad SMARTS) is 1. The van der Waals surface area contributed by atoms with Gasteiger partial charge < -0.3 is 15.3 Å².